The van der Waals surface area contributed by atoms with Crippen LogP contribution in [-0.2, 0) is 39.9 Å². The van der Waals surface area contributed by atoms with E-state index in [1.54, 1.807) is 40.7 Å². The summed E-state index contributed by atoms with van der Waals surface area (Å²) in [6.07, 6.45) is -4.29. The fourth-order valence-electron chi connectivity index (χ4n) is 9.40. The Labute approximate surface area is 353 Å². The van der Waals surface area contributed by atoms with Crippen molar-refractivity contribution in [2.24, 2.45) is 34.5 Å². The maximum absolute atomic E-state index is 16.4. The van der Waals surface area contributed by atoms with Crippen molar-refractivity contribution >= 4 is 44.6 Å². The number of alkyl halides is 4. The van der Waals surface area contributed by atoms with Gasteiger partial charge < -0.3 is 19.1 Å². The normalized spacial score (nSPS) is 32.4. The van der Waals surface area contributed by atoms with Crippen LogP contribution in [0.25, 0.3) is 11.0 Å². The Bertz CT molecular complexity index is 2220. The predicted octanol–water partition coefficient (Wildman–Crippen LogP) is 6.89. The Hall–Kier alpha value is -4.09. The van der Waals surface area contributed by atoms with Crippen molar-refractivity contribution in [3.63, 3.8) is 0 Å². The highest BCUT2D eigenvalue weighted by molar-refractivity contribution is 7.91. The highest BCUT2D eigenvalue weighted by Gasteiger charge is 2.67. The second-order valence-corrected chi connectivity index (χ2v) is 21.7. The molecule has 4 fully saturated rings. The molecule has 2 amide bonds. The first kappa shape index (κ1) is 44.9. The average Bonchev–Trinajstić information content (AvgIpc) is 4.13. The number of sulfonamides is 1. The van der Waals surface area contributed by atoms with E-state index in [0.29, 0.717) is 25.0 Å². The SMILES string of the molecule is CC[C@@H]1[C@@H]2CN(C(=O)[C@H](C(C)(C)C)CC(=O)O[C@@]3(C)C[C@@H]3CCCCC(F)(F)c3nc4ccc(OC)cc4nc3O2)[C@@H]1C(=O)C[C@]1(C(=O)NS(=O)(=O)C2(C)CC2)C[C@H]1C(F)F. The summed E-state index contributed by atoms with van der Waals surface area (Å²) in [6, 6.07) is 3.12. The van der Waals surface area contributed by atoms with E-state index in [4.69, 9.17) is 14.2 Å². The molecule has 3 saturated carbocycles. The second-order valence-electron chi connectivity index (χ2n) is 19.5. The van der Waals surface area contributed by atoms with Crippen molar-refractivity contribution in [2.75, 3.05) is 13.7 Å². The number of nitrogens with zero attached hydrogens (tertiary/aromatic N) is 3. The Morgan fingerprint density at radius 2 is 1.75 bits per heavy atom. The smallest absolute Gasteiger partial charge is 0.307 e. The summed E-state index contributed by atoms with van der Waals surface area (Å²) < 4.78 is 106. The molecule has 18 heteroatoms. The summed E-state index contributed by atoms with van der Waals surface area (Å²) in [6.45, 7) is 9.79. The Morgan fingerprint density at radius 1 is 1.05 bits per heavy atom. The Morgan fingerprint density at radius 3 is 2.36 bits per heavy atom. The molecule has 2 aromatic rings. The lowest BCUT2D eigenvalue weighted by Crippen LogP contribution is -2.50. The number of Topliss-reactive ketones (excluding diaryl/α,β-unsaturated/α-hetero) is 1. The summed E-state index contributed by atoms with van der Waals surface area (Å²) in [5, 5.41) is 0. The first-order valence-corrected chi connectivity index (χ1v) is 22.7. The van der Waals surface area contributed by atoms with E-state index in [1.807, 2.05) is 4.72 Å². The average molecular weight is 881 g/mol. The zero-order chi connectivity index (χ0) is 44.7. The van der Waals surface area contributed by atoms with Gasteiger partial charge in [0.2, 0.25) is 34.1 Å². The number of esters is 1. The lowest BCUT2D eigenvalue weighted by atomic mass is 9.77. The fraction of sp³-hybridized carbons (Fsp3) is 0.721. The minimum Gasteiger partial charge on any atom is -0.497 e. The minimum atomic E-state index is -4.27. The van der Waals surface area contributed by atoms with E-state index in [0.717, 1.165) is 0 Å². The number of hydrogen-bond acceptors (Lipinski definition) is 11. The molecule has 1 saturated heterocycles. The maximum atomic E-state index is 16.4. The molecule has 3 aliphatic carbocycles. The summed E-state index contributed by atoms with van der Waals surface area (Å²) in [4.78, 5) is 67.3. The van der Waals surface area contributed by atoms with Crippen LogP contribution in [-0.4, -0.2) is 89.4 Å². The maximum Gasteiger partial charge on any atom is 0.307 e. The van der Waals surface area contributed by atoms with Crippen molar-refractivity contribution in [1.82, 2.24) is 19.6 Å². The van der Waals surface area contributed by atoms with Crippen molar-refractivity contribution in [3.8, 4) is 11.6 Å². The summed E-state index contributed by atoms with van der Waals surface area (Å²) in [5.41, 5.74) is -4.22. The number of rotatable bonds is 9. The molecule has 336 valence electrons. The van der Waals surface area contributed by atoms with E-state index in [-0.39, 0.29) is 55.6 Å². The van der Waals surface area contributed by atoms with Crippen LogP contribution < -0.4 is 14.2 Å². The van der Waals surface area contributed by atoms with Gasteiger partial charge in [0.25, 0.3) is 5.92 Å². The molecular formula is C43H56F4N4O9S. The summed E-state index contributed by atoms with van der Waals surface area (Å²) in [7, 11) is -2.84. The lowest BCUT2D eigenvalue weighted by molar-refractivity contribution is -0.158. The third kappa shape index (κ3) is 8.54. The molecule has 0 spiro atoms. The van der Waals surface area contributed by atoms with Crippen LogP contribution in [0, 0.1) is 34.5 Å². The monoisotopic (exact) mass is 880 g/mol. The molecule has 2 aliphatic heterocycles. The van der Waals surface area contributed by atoms with Gasteiger partial charge in [-0.2, -0.15) is 8.78 Å². The lowest BCUT2D eigenvalue weighted by Gasteiger charge is -2.35. The predicted molar refractivity (Wildman–Crippen MR) is 213 cm³/mol. The largest absolute Gasteiger partial charge is 0.497 e. The number of carbonyl (C=O) groups is 4. The van der Waals surface area contributed by atoms with Gasteiger partial charge in [-0.3, -0.25) is 23.9 Å². The van der Waals surface area contributed by atoms with Crippen molar-refractivity contribution in [1.29, 1.82) is 0 Å². The third-order valence-corrected chi connectivity index (χ3v) is 16.2. The third-order valence-electron chi connectivity index (χ3n) is 14.0. The summed E-state index contributed by atoms with van der Waals surface area (Å²) >= 11 is 0. The second kappa shape index (κ2) is 15.6. The number of ether oxygens (including phenoxy) is 3. The van der Waals surface area contributed by atoms with E-state index in [2.05, 4.69) is 9.97 Å². The zero-order valence-corrected chi connectivity index (χ0v) is 36.5. The number of aromatic nitrogens is 2. The van der Waals surface area contributed by atoms with Crippen molar-refractivity contribution in [3.05, 3.63) is 23.9 Å². The van der Waals surface area contributed by atoms with Crippen LogP contribution in [0.1, 0.15) is 118 Å². The molecule has 0 radical (unpaired) electrons. The number of nitrogens with one attached hydrogen (secondary N) is 1. The number of benzene rings is 1. The molecule has 1 N–H and O–H groups in total. The van der Waals surface area contributed by atoms with Crippen LogP contribution in [0.2, 0.25) is 0 Å². The molecular weight excluding hydrogens is 825 g/mol. The van der Waals surface area contributed by atoms with Gasteiger partial charge in [0.15, 0.2) is 11.5 Å². The number of fused-ring (bicyclic) bond motifs is 5. The number of hydrogen-bond donors (Lipinski definition) is 1. The van der Waals surface area contributed by atoms with Gasteiger partial charge in [0.1, 0.15) is 17.5 Å². The van der Waals surface area contributed by atoms with Gasteiger partial charge in [-0.25, -0.2) is 27.2 Å². The molecule has 3 heterocycles. The number of halogens is 4. The number of ketones is 1. The van der Waals surface area contributed by atoms with E-state index >= 15 is 8.78 Å². The van der Waals surface area contributed by atoms with Crippen LogP contribution in [0.4, 0.5) is 17.6 Å². The Kier molecular flexibility index (Phi) is 11.5. The van der Waals surface area contributed by atoms with Gasteiger partial charge >= 0.3 is 5.97 Å². The van der Waals surface area contributed by atoms with E-state index < -0.39 is 128 Å². The van der Waals surface area contributed by atoms with Gasteiger partial charge in [0.05, 0.1) is 53.2 Å². The highest BCUT2D eigenvalue weighted by atomic mass is 32.2. The fourth-order valence-corrected chi connectivity index (χ4v) is 10.7. The van der Waals surface area contributed by atoms with Crippen molar-refractivity contribution in [2.45, 2.75) is 147 Å². The van der Waals surface area contributed by atoms with E-state index in [9.17, 15) is 36.4 Å². The first-order chi connectivity index (χ1) is 28.4. The molecule has 8 atom stereocenters. The van der Waals surface area contributed by atoms with Gasteiger partial charge in [-0.05, 0) is 76.3 Å². The standard InChI is InChI=1S/C43H56F4N4O9S/c1-8-25-31-22-51(33(25)30(52)21-42(20-27(42)35(44)45)38(55)50-61(56,57)40(5)15-16-40)37(54)26(39(2,3)4)18-32(53)60-41(6)19-23(41)11-9-10-14-43(46,47)34-36(59-31)49-29-17-24(58-7)12-13-28(29)48-34/h12-13,17,23,25-27,31,33,35H,8-11,14-16,18-22H2,1-7H3,(H,50,55)/t23-,25+,26+,27-,31-,33-,41-,42+/m0/s1. The van der Waals surface area contributed by atoms with Crippen molar-refractivity contribution < 1.29 is 59.4 Å². The van der Waals surface area contributed by atoms with Crippen LogP contribution in [0.3, 0.4) is 0 Å². The molecule has 2 bridgehead atoms. The van der Waals surface area contributed by atoms with Gasteiger partial charge in [-0.15, -0.1) is 0 Å². The number of amides is 2. The molecule has 1 aromatic heterocycles. The first-order valence-electron chi connectivity index (χ1n) is 21.2. The Balaban J connectivity index is 1.31. The number of methoxy groups -OCH3 is 1. The molecule has 61 heavy (non-hydrogen) atoms. The van der Waals surface area contributed by atoms with Crippen LogP contribution >= 0.6 is 0 Å². The molecule has 0 unspecified atom stereocenters. The number of carbonyl (C=O) groups excluding carboxylic acids is 4. The van der Waals surface area contributed by atoms with Crippen LogP contribution in [0.5, 0.6) is 11.6 Å². The van der Waals surface area contributed by atoms with E-state index in [1.165, 1.54) is 31.1 Å². The van der Waals surface area contributed by atoms with Gasteiger partial charge in [-0.1, -0.05) is 34.1 Å². The quantitative estimate of drug-likeness (QED) is 0.206. The summed E-state index contributed by atoms with van der Waals surface area (Å²) in [5.74, 6) is -10.8. The molecule has 5 aliphatic rings. The van der Waals surface area contributed by atoms with Gasteiger partial charge in [0, 0.05) is 36.7 Å². The molecule has 7 rings (SSSR count). The molecule has 13 nitrogen and oxygen atoms in total. The zero-order valence-electron chi connectivity index (χ0n) is 35.7. The topological polar surface area (TPSA) is 171 Å². The highest BCUT2D eigenvalue weighted by Crippen LogP contribution is 2.60. The minimum absolute atomic E-state index is 0.0696. The molecule has 1 aromatic carbocycles. The van der Waals surface area contributed by atoms with Crippen LogP contribution in [0.15, 0.2) is 18.2 Å².